The number of nitro benzene ring substituents is 1. The van der Waals surface area contributed by atoms with Crippen molar-refractivity contribution < 1.29 is 22.9 Å². The van der Waals surface area contributed by atoms with Crippen LogP contribution in [-0.4, -0.2) is 48.2 Å². The summed E-state index contributed by atoms with van der Waals surface area (Å²) in [6, 6.07) is 18.8. The molecular formula is C28H31BrN4O6S. The van der Waals surface area contributed by atoms with Gasteiger partial charge in [0.1, 0.15) is 12.6 Å². The van der Waals surface area contributed by atoms with E-state index in [-0.39, 0.29) is 22.8 Å². The third-order valence-electron chi connectivity index (χ3n) is 5.87. The molecule has 0 aliphatic heterocycles. The molecule has 40 heavy (non-hydrogen) atoms. The van der Waals surface area contributed by atoms with Crippen molar-refractivity contribution in [3.05, 3.63) is 99.0 Å². The molecule has 0 saturated heterocycles. The van der Waals surface area contributed by atoms with Crippen LogP contribution in [0.4, 0.5) is 11.4 Å². The summed E-state index contributed by atoms with van der Waals surface area (Å²) in [5.74, 6) is -1.03. The summed E-state index contributed by atoms with van der Waals surface area (Å²) < 4.78 is 29.2. The smallest absolute Gasteiger partial charge is 0.269 e. The SMILES string of the molecule is C[C@H](C(=O)NC(C)(C)C)N(Cc1cccc(Br)c1)C(=O)CN(c1ccc([N+](=O)[O-])cc1)S(=O)(=O)c1ccccc1. The van der Waals surface area contributed by atoms with Crippen LogP contribution < -0.4 is 9.62 Å². The second-order valence-corrected chi connectivity index (χ2v) is 12.9. The lowest BCUT2D eigenvalue weighted by molar-refractivity contribution is -0.384. The summed E-state index contributed by atoms with van der Waals surface area (Å²) in [6.45, 7) is 6.44. The van der Waals surface area contributed by atoms with E-state index >= 15 is 0 Å². The summed E-state index contributed by atoms with van der Waals surface area (Å²) in [4.78, 5) is 38.9. The van der Waals surface area contributed by atoms with Gasteiger partial charge in [-0.1, -0.05) is 46.3 Å². The van der Waals surface area contributed by atoms with Gasteiger partial charge >= 0.3 is 0 Å². The van der Waals surface area contributed by atoms with Gasteiger partial charge in [-0.15, -0.1) is 0 Å². The van der Waals surface area contributed by atoms with E-state index in [1.54, 1.807) is 37.3 Å². The van der Waals surface area contributed by atoms with Gasteiger partial charge in [-0.3, -0.25) is 24.0 Å². The largest absolute Gasteiger partial charge is 0.350 e. The summed E-state index contributed by atoms with van der Waals surface area (Å²) in [6.07, 6.45) is 0. The monoisotopic (exact) mass is 630 g/mol. The highest BCUT2D eigenvalue weighted by Gasteiger charge is 2.33. The normalized spacial score (nSPS) is 12.3. The molecule has 0 fully saturated rings. The molecule has 3 aromatic rings. The van der Waals surface area contributed by atoms with E-state index in [0.717, 1.165) is 14.3 Å². The molecule has 2 amide bonds. The first-order valence-corrected chi connectivity index (χ1v) is 14.6. The fraction of sp³-hybridized carbons (Fsp3) is 0.286. The Hall–Kier alpha value is -3.77. The van der Waals surface area contributed by atoms with Crippen LogP contribution in [0, 0.1) is 10.1 Å². The Kier molecular flexibility index (Phi) is 9.69. The van der Waals surface area contributed by atoms with E-state index in [2.05, 4.69) is 21.2 Å². The zero-order valence-corrected chi connectivity index (χ0v) is 25.0. The van der Waals surface area contributed by atoms with Crippen molar-refractivity contribution in [1.82, 2.24) is 10.2 Å². The second-order valence-electron chi connectivity index (χ2n) is 10.2. The summed E-state index contributed by atoms with van der Waals surface area (Å²) in [5.41, 5.74) is 0.0101. The van der Waals surface area contributed by atoms with Crippen LogP contribution in [0.1, 0.15) is 33.3 Å². The van der Waals surface area contributed by atoms with E-state index in [0.29, 0.717) is 0 Å². The minimum Gasteiger partial charge on any atom is -0.350 e. The van der Waals surface area contributed by atoms with Crippen molar-refractivity contribution in [2.45, 2.75) is 50.7 Å². The maximum Gasteiger partial charge on any atom is 0.269 e. The molecule has 0 heterocycles. The molecule has 3 rings (SSSR count). The fourth-order valence-corrected chi connectivity index (χ4v) is 5.76. The summed E-state index contributed by atoms with van der Waals surface area (Å²) in [5, 5.41) is 14.0. The lowest BCUT2D eigenvalue weighted by atomic mass is 10.1. The number of rotatable bonds is 10. The Morgan fingerprint density at radius 1 is 1.00 bits per heavy atom. The van der Waals surface area contributed by atoms with E-state index < -0.39 is 44.9 Å². The second kappa shape index (κ2) is 12.6. The molecular weight excluding hydrogens is 600 g/mol. The number of nitrogens with zero attached hydrogens (tertiary/aromatic N) is 3. The van der Waals surface area contributed by atoms with E-state index in [1.807, 2.05) is 32.9 Å². The highest BCUT2D eigenvalue weighted by Crippen LogP contribution is 2.26. The highest BCUT2D eigenvalue weighted by molar-refractivity contribution is 9.10. The average Bonchev–Trinajstić information content (AvgIpc) is 2.89. The van der Waals surface area contributed by atoms with Gasteiger partial charge in [-0.25, -0.2) is 8.42 Å². The lowest BCUT2D eigenvalue weighted by Gasteiger charge is -2.33. The molecule has 0 aromatic heterocycles. The van der Waals surface area contributed by atoms with Crippen molar-refractivity contribution in [2.24, 2.45) is 0 Å². The van der Waals surface area contributed by atoms with Gasteiger partial charge < -0.3 is 10.2 Å². The van der Waals surface area contributed by atoms with Crippen LogP contribution in [0.15, 0.2) is 88.2 Å². The maximum atomic E-state index is 13.9. The first-order chi connectivity index (χ1) is 18.7. The van der Waals surface area contributed by atoms with Gasteiger partial charge in [0.05, 0.1) is 15.5 Å². The van der Waals surface area contributed by atoms with Crippen LogP contribution in [0.2, 0.25) is 0 Å². The molecule has 0 saturated carbocycles. The highest BCUT2D eigenvalue weighted by atomic mass is 79.9. The van der Waals surface area contributed by atoms with Gasteiger partial charge in [0, 0.05) is 28.7 Å². The minimum atomic E-state index is -4.26. The van der Waals surface area contributed by atoms with Crippen LogP contribution in [0.3, 0.4) is 0 Å². The molecule has 0 spiro atoms. The Morgan fingerprint density at radius 2 is 1.62 bits per heavy atom. The number of carbonyl (C=O) groups excluding carboxylic acids is 2. The number of carbonyl (C=O) groups is 2. The van der Waals surface area contributed by atoms with Gasteiger partial charge in [-0.05, 0) is 69.7 Å². The van der Waals surface area contributed by atoms with E-state index in [9.17, 15) is 28.1 Å². The molecule has 0 aliphatic carbocycles. The van der Waals surface area contributed by atoms with Gasteiger partial charge in [0.15, 0.2) is 0 Å². The first kappa shape index (κ1) is 30.8. The average molecular weight is 632 g/mol. The van der Waals surface area contributed by atoms with Gasteiger partial charge in [0.2, 0.25) is 11.8 Å². The van der Waals surface area contributed by atoms with Crippen LogP contribution in [0.25, 0.3) is 0 Å². The maximum absolute atomic E-state index is 13.9. The van der Waals surface area contributed by atoms with Crippen molar-refractivity contribution in [2.75, 3.05) is 10.8 Å². The molecule has 12 heteroatoms. The number of anilines is 1. The minimum absolute atomic E-state index is 0.0382. The standard InChI is InChI=1S/C28H31BrN4O6S/c1-20(27(35)30-28(2,3)4)31(18-21-9-8-10-22(29)17-21)26(34)19-32(23-13-15-24(16-14-23)33(36)37)40(38,39)25-11-6-5-7-12-25/h5-17,20H,18-19H2,1-4H3,(H,30,35)/t20-/m1/s1. The van der Waals surface area contributed by atoms with Crippen LogP contribution >= 0.6 is 15.9 Å². The van der Waals surface area contributed by atoms with Gasteiger partial charge in [0.25, 0.3) is 15.7 Å². The molecule has 3 aromatic carbocycles. The Labute approximate surface area is 242 Å². The van der Waals surface area contributed by atoms with Crippen molar-refractivity contribution in [1.29, 1.82) is 0 Å². The molecule has 0 aliphatic rings. The molecule has 1 atom stereocenters. The zero-order chi connectivity index (χ0) is 29.7. The number of nitrogens with one attached hydrogen (secondary N) is 1. The van der Waals surface area contributed by atoms with E-state index in [4.69, 9.17) is 0 Å². The number of non-ortho nitro benzene ring substituents is 1. The lowest BCUT2D eigenvalue weighted by Crippen LogP contribution is -2.54. The van der Waals surface area contributed by atoms with E-state index in [1.165, 1.54) is 41.3 Å². The molecule has 1 N–H and O–H groups in total. The van der Waals surface area contributed by atoms with Gasteiger partial charge in [-0.2, -0.15) is 0 Å². The summed E-state index contributed by atoms with van der Waals surface area (Å²) in [7, 11) is -4.26. The Bertz CT molecular complexity index is 1470. The number of benzene rings is 3. The Morgan fingerprint density at radius 3 is 2.17 bits per heavy atom. The molecule has 10 nitrogen and oxygen atoms in total. The van der Waals surface area contributed by atoms with Crippen LogP contribution in [0.5, 0.6) is 0 Å². The molecule has 0 bridgehead atoms. The number of amides is 2. The number of hydrogen-bond acceptors (Lipinski definition) is 6. The quantitative estimate of drug-likeness (QED) is 0.251. The number of nitro groups is 1. The number of hydrogen-bond donors (Lipinski definition) is 1. The third kappa shape index (κ3) is 7.89. The molecule has 0 radical (unpaired) electrons. The molecule has 212 valence electrons. The molecule has 0 unspecified atom stereocenters. The first-order valence-electron chi connectivity index (χ1n) is 12.4. The Balaban J connectivity index is 2.05. The third-order valence-corrected chi connectivity index (χ3v) is 8.15. The van der Waals surface area contributed by atoms with Crippen molar-refractivity contribution >= 4 is 49.1 Å². The fourth-order valence-electron chi connectivity index (χ4n) is 3.88. The summed E-state index contributed by atoms with van der Waals surface area (Å²) >= 11 is 3.42. The topological polar surface area (TPSA) is 130 Å². The zero-order valence-electron chi connectivity index (χ0n) is 22.6. The van der Waals surface area contributed by atoms with Crippen molar-refractivity contribution in [3.8, 4) is 0 Å². The number of sulfonamides is 1. The predicted octanol–water partition coefficient (Wildman–Crippen LogP) is 4.88. The van der Waals surface area contributed by atoms with Crippen molar-refractivity contribution in [3.63, 3.8) is 0 Å². The van der Waals surface area contributed by atoms with Crippen LogP contribution in [-0.2, 0) is 26.2 Å². The number of halogens is 1. The predicted molar refractivity (Wildman–Crippen MR) is 156 cm³/mol.